The maximum Gasteiger partial charge on any atom is 0.151 e. The van der Waals surface area contributed by atoms with Crippen molar-refractivity contribution >= 4 is 0 Å². The van der Waals surface area contributed by atoms with E-state index in [4.69, 9.17) is 9.26 Å². The lowest BCUT2D eigenvalue weighted by Gasteiger charge is -2.26. The Morgan fingerprint density at radius 2 is 2.35 bits per heavy atom. The topological polar surface area (TPSA) is 50.5 Å². The van der Waals surface area contributed by atoms with Gasteiger partial charge in [-0.1, -0.05) is 19.0 Å². The van der Waals surface area contributed by atoms with Crippen molar-refractivity contribution in [1.29, 1.82) is 0 Å². The molecule has 1 aliphatic heterocycles. The third-order valence-electron chi connectivity index (χ3n) is 3.55. The van der Waals surface area contributed by atoms with Crippen LogP contribution >= 0.6 is 0 Å². The molecule has 114 valence electrons. The molecular formula is C15H27N3O2. The maximum atomic E-state index is 5.52. The number of hydrogen-bond donors (Lipinski definition) is 1. The van der Waals surface area contributed by atoms with Crippen LogP contribution in [0.2, 0.25) is 0 Å². The molecule has 1 aromatic heterocycles. The van der Waals surface area contributed by atoms with E-state index in [0.29, 0.717) is 12.0 Å². The maximum absolute atomic E-state index is 5.52. The average Bonchev–Trinajstić information content (AvgIpc) is 2.85. The van der Waals surface area contributed by atoms with Crippen LogP contribution in [0, 0.1) is 5.92 Å². The van der Waals surface area contributed by atoms with Crippen LogP contribution in [0.3, 0.4) is 0 Å². The number of nitrogens with zero attached hydrogens (tertiary/aromatic N) is 2. The van der Waals surface area contributed by atoms with Crippen molar-refractivity contribution in [3.05, 3.63) is 17.5 Å². The zero-order valence-electron chi connectivity index (χ0n) is 12.9. The molecule has 1 saturated heterocycles. The summed E-state index contributed by atoms with van der Waals surface area (Å²) in [7, 11) is 2.13. The molecular weight excluding hydrogens is 254 g/mol. The van der Waals surface area contributed by atoms with Gasteiger partial charge in [0, 0.05) is 31.8 Å². The van der Waals surface area contributed by atoms with Crippen LogP contribution in [0.25, 0.3) is 0 Å². The van der Waals surface area contributed by atoms with Gasteiger partial charge in [-0.25, -0.2) is 0 Å². The van der Waals surface area contributed by atoms with Crippen molar-refractivity contribution < 1.29 is 9.26 Å². The van der Waals surface area contributed by atoms with E-state index < -0.39 is 0 Å². The van der Waals surface area contributed by atoms with Gasteiger partial charge in [-0.3, -0.25) is 4.90 Å². The molecule has 0 radical (unpaired) electrons. The van der Waals surface area contributed by atoms with Crippen LogP contribution in [0.15, 0.2) is 10.6 Å². The predicted octanol–water partition coefficient (Wildman–Crippen LogP) is 2.03. The summed E-state index contributed by atoms with van der Waals surface area (Å²) in [5, 5.41) is 7.44. The van der Waals surface area contributed by atoms with Gasteiger partial charge >= 0.3 is 0 Å². The average molecular weight is 281 g/mol. The minimum absolute atomic E-state index is 0.462. The summed E-state index contributed by atoms with van der Waals surface area (Å²) in [5.74, 6) is 1.59. The highest BCUT2D eigenvalue weighted by molar-refractivity contribution is 5.05. The van der Waals surface area contributed by atoms with Gasteiger partial charge in [0.15, 0.2) is 5.76 Å². The third-order valence-corrected chi connectivity index (χ3v) is 3.55. The van der Waals surface area contributed by atoms with Crippen molar-refractivity contribution in [3.8, 4) is 0 Å². The first-order valence-corrected chi connectivity index (χ1v) is 7.57. The first-order chi connectivity index (χ1) is 9.63. The Morgan fingerprint density at radius 1 is 1.50 bits per heavy atom. The van der Waals surface area contributed by atoms with Crippen LogP contribution in [0.1, 0.15) is 38.1 Å². The first kappa shape index (κ1) is 15.5. The van der Waals surface area contributed by atoms with E-state index in [-0.39, 0.29) is 0 Å². The minimum Gasteiger partial charge on any atom is -0.381 e. The second kappa shape index (κ2) is 7.76. The molecule has 1 aliphatic rings. The molecule has 2 rings (SSSR count). The van der Waals surface area contributed by atoms with E-state index in [1.165, 1.54) is 12.8 Å². The fourth-order valence-electron chi connectivity index (χ4n) is 2.55. The van der Waals surface area contributed by atoms with Crippen molar-refractivity contribution in [3.63, 3.8) is 0 Å². The van der Waals surface area contributed by atoms with E-state index >= 15 is 0 Å². The van der Waals surface area contributed by atoms with Crippen molar-refractivity contribution in [1.82, 2.24) is 15.4 Å². The highest BCUT2D eigenvalue weighted by Crippen LogP contribution is 2.15. The van der Waals surface area contributed by atoms with Gasteiger partial charge < -0.3 is 14.6 Å². The Bertz CT molecular complexity index is 386. The summed E-state index contributed by atoms with van der Waals surface area (Å²) in [6.07, 6.45) is 2.45. The first-order valence-electron chi connectivity index (χ1n) is 7.57. The molecule has 5 nitrogen and oxygen atoms in total. The lowest BCUT2D eigenvalue weighted by Crippen LogP contribution is -2.30. The summed E-state index contributed by atoms with van der Waals surface area (Å²) in [4.78, 5) is 2.29. The van der Waals surface area contributed by atoms with Crippen molar-refractivity contribution in [2.75, 3.05) is 26.8 Å². The molecule has 1 atom stereocenters. The van der Waals surface area contributed by atoms with E-state index in [1.807, 2.05) is 6.07 Å². The molecule has 0 aliphatic carbocycles. The fourth-order valence-corrected chi connectivity index (χ4v) is 2.55. The quantitative estimate of drug-likeness (QED) is 0.829. The number of ether oxygens (including phenoxy) is 1. The van der Waals surface area contributed by atoms with Gasteiger partial charge in [-0.15, -0.1) is 0 Å². The lowest BCUT2D eigenvalue weighted by atomic mass is 10.0. The molecule has 2 heterocycles. The van der Waals surface area contributed by atoms with Crippen LogP contribution in [0.5, 0.6) is 0 Å². The normalized spacial score (nSPS) is 19.9. The molecule has 0 saturated carbocycles. The van der Waals surface area contributed by atoms with E-state index in [2.05, 4.69) is 36.3 Å². The standard InChI is InChI=1S/C15H27N3O2/c1-12(2)16-8-14-7-15(20-17-14)10-18(3)9-13-5-4-6-19-11-13/h7,12-13,16H,4-6,8-11H2,1-3H3. The molecule has 0 amide bonds. The van der Waals surface area contributed by atoms with Gasteiger partial charge in [-0.05, 0) is 25.8 Å². The monoisotopic (exact) mass is 281 g/mol. The second-order valence-electron chi connectivity index (χ2n) is 6.10. The molecule has 0 aromatic carbocycles. The van der Waals surface area contributed by atoms with Gasteiger partial charge in [0.25, 0.3) is 0 Å². The van der Waals surface area contributed by atoms with Crippen LogP contribution in [0.4, 0.5) is 0 Å². The predicted molar refractivity (Wildman–Crippen MR) is 78.4 cm³/mol. The molecule has 0 spiro atoms. The van der Waals surface area contributed by atoms with E-state index in [1.54, 1.807) is 0 Å². The number of nitrogens with one attached hydrogen (secondary N) is 1. The zero-order chi connectivity index (χ0) is 14.4. The van der Waals surface area contributed by atoms with Gasteiger partial charge in [0.05, 0.1) is 18.8 Å². The van der Waals surface area contributed by atoms with Crippen LogP contribution < -0.4 is 5.32 Å². The number of rotatable bonds is 7. The van der Waals surface area contributed by atoms with Crippen LogP contribution in [-0.2, 0) is 17.8 Å². The smallest absolute Gasteiger partial charge is 0.151 e. The van der Waals surface area contributed by atoms with Crippen molar-refractivity contribution in [2.45, 2.75) is 45.8 Å². The SMILES string of the molecule is CC(C)NCc1cc(CN(C)CC2CCCOC2)on1. The summed E-state index contributed by atoms with van der Waals surface area (Å²) in [6.45, 7) is 8.70. The molecule has 1 aromatic rings. The Morgan fingerprint density at radius 3 is 3.05 bits per heavy atom. The lowest BCUT2D eigenvalue weighted by molar-refractivity contribution is 0.0401. The summed E-state index contributed by atoms with van der Waals surface area (Å²) >= 11 is 0. The zero-order valence-corrected chi connectivity index (χ0v) is 12.9. The van der Waals surface area contributed by atoms with E-state index in [0.717, 1.165) is 44.3 Å². The second-order valence-corrected chi connectivity index (χ2v) is 6.10. The Kier molecular flexibility index (Phi) is 6.01. The van der Waals surface area contributed by atoms with E-state index in [9.17, 15) is 0 Å². The highest BCUT2D eigenvalue weighted by atomic mass is 16.5. The molecule has 1 unspecified atom stereocenters. The van der Waals surface area contributed by atoms with Gasteiger partial charge in [0.1, 0.15) is 0 Å². The fraction of sp³-hybridized carbons (Fsp3) is 0.800. The third kappa shape index (κ3) is 5.23. The van der Waals surface area contributed by atoms with Crippen molar-refractivity contribution in [2.24, 2.45) is 5.92 Å². The van der Waals surface area contributed by atoms with Crippen LogP contribution in [-0.4, -0.2) is 42.9 Å². The largest absolute Gasteiger partial charge is 0.381 e. The summed E-state index contributed by atoms with van der Waals surface area (Å²) in [6, 6.07) is 2.51. The Balaban J connectivity index is 1.74. The molecule has 5 heteroatoms. The van der Waals surface area contributed by atoms with Gasteiger partial charge in [-0.2, -0.15) is 0 Å². The Labute approximate surface area is 121 Å². The van der Waals surface area contributed by atoms with Gasteiger partial charge in [0.2, 0.25) is 0 Å². The number of hydrogen-bond acceptors (Lipinski definition) is 5. The summed E-state index contributed by atoms with van der Waals surface area (Å²) in [5.41, 5.74) is 0.975. The molecule has 1 N–H and O–H groups in total. The number of aromatic nitrogens is 1. The Hall–Kier alpha value is -0.910. The summed E-state index contributed by atoms with van der Waals surface area (Å²) < 4.78 is 10.9. The minimum atomic E-state index is 0.462. The molecule has 0 bridgehead atoms. The molecule has 1 fully saturated rings. The molecule has 20 heavy (non-hydrogen) atoms. The highest BCUT2D eigenvalue weighted by Gasteiger charge is 2.17.